The van der Waals surface area contributed by atoms with Crippen LogP contribution in [0.4, 0.5) is 0 Å². The van der Waals surface area contributed by atoms with Gasteiger partial charge < -0.3 is 15.2 Å². The lowest BCUT2D eigenvalue weighted by atomic mass is 10.0. The molecule has 0 unspecified atom stereocenters. The van der Waals surface area contributed by atoms with Gasteiger partial charge >= 0.3 is 5.69 Å². The highest BCUT2D eigenvalue weighted by Crippen LogP contribution is 2.46. The highest BCUT2D eigenvalue weighted by Gasteiger charge is 2.50. The molecule has 1 amide bonds. The van der Waals surface area contributed by atoms with Gasteiger partial charge in [-0.1, -0.05) is 0 Å². The van der Waals surface area contributed by atoms with Crippen LogP contribution in [0.5, 0.6) is 0 Å². The SMILES string of the molecule is COCC1(C(=O)NC[C@H]2C[C@H](c3nn(C)c(=O)n3C)C[C@H]2O)CC1. The Bertz CT molecular complexity index is 676. The third kappa shape index (κ3) is 3.00. The number of ether oxygens (including phenoxy) is 1. The van der Waals surface area contributed by atoms with Gasteiger partial charge in [0.15, 0.2) is 0 Å². The predicted octanol–water partition coefficient (Wildman–Crippen LogP) is -0.484. The molecule has 134 valence electrons. The highest BCUT2D eigenvalue weighted by molar-refractivity contribution is 5.85. The van der Waals surface area contributed by atoms with Crippen molar-refractivity contribution in [1.29, 1.82) is 0 Å². The molecule has 0 saturated heterocycles. The Morgan fingerprint density at radius 2 is 2.12 bits per heavy atom. The van der Waals surface area contributed by atoms with Crippen molar-refractivity contribution in [3.05, 3.63) is 16.3 Å². The van der Waals surface area contributed by atoms with Gasteiger partial charge in [0.25, 0.3) is 0 Å². The summed E-state index contributed by atoms with van der Waals surface area (Å²) >= 11 is 0. The number of carbonyl (C=O) groups is 1. The lowest BCUT2D eigenvalue weighted by molar-refractivity contribution is -0.128. The minimum absolute atomic E-state index is 0.0187. The number of hydrogen-bond acceptors (Lipinski definition) is 5. The number of nitrogens with one attached hydrogen (secondary N) is 1. The Hall–Kier alpha value is -1.67. The monoisotopic (exact) mass is 338 g/mol. The molecule has 0 spiro atoms. The second-order valence-electron chi connectivity index (χ2n) is 7.24. The fourth-order valence-electron chi connectivity index (χ4n) is 3.74. The molecule has 0 radical (unpaired) electrons. The number of aliphatic hydroxyl groups is 1. The lowest BCUT2D eigenvalue weighted by Gasteiger charge is -2.18. The van der Waals surface area contributed by atoms with Crippen molar-refractivity contribution in [2.75, 3.05) is 20.3 Å². The molecular weight excluding hydrogens is 312 g/mol. The molecule has 0 aromatic carbocycles. The number of carbonyl (C=O) groups excluding carboxylic acids is 1. The van der Waals surface area contributed by atoms with Crippen LogP contribution in [-0.4, -0.2) is 51.7 Å². The van der Waals surface area contributed by atoms with Crippen molar-refractivity contribution in [2.24, 2.45) is 25.4 Å². The van der Waals surface area contributed by atoms with E-state index in [2.05, 4.69) is 10.4 Å². The van der Waals surface area contributed by atoms with E-state index in [0.717, 1.165) is 12.8 Å². The van der Waals surface area contributed by atoms with E-state index in [9.17, 15) is 14.7 Å². The number of hydrogen-bond donors (Lipinski definition) is 2. The molecule has 2 saturated carbocycles. The van der Waals surface area contributed by atoms with Crippen LogP contribution in [0.15, 0.2) is 4.79 Å². The zero-order valence-electron chi connectivity index (χ0n) is 14.5. The Labute approximate surface area is 140 Å². The van der Waals surface area contributed by atoms with Gasteiger partial charge in [0, 0.05) is 39.6 Å². The summed E-state index contributed by atoms with van der Waals surface area (Å²) < 4.78 is 7.99. The van der Waals surface area contributed by atoms with Gasteiger partial charge in [0.2, 0.25) is 5.91 Å². The molecule has 8 nitrogen and oxygen atoms in total. The number of methoxy groups -OCH3 is 1. The Balaban J connectivity index is 1.59. The fourth-order valence-corrected chi connectivity index (χ4v) is 3.74. The first-order chi connectivity index (χ1) is 11.4. The van der Waals surface area contributed by atoms with Crippen LogP contribution in [0.25, 0.3) is 0 Å². The number of amides is 1. The molecule has 2 N–H and O–H groups in total. The van der Waals surface area contributed by atoms with E-state index in [1.165, 1.54) is 9.25 Å². The molecule has 0 aliphatic heterocycles. The highest BCUT2D eigenvalue weighted by atomic mass is 16.5. The van der Waals surface area contributed by atoms with Gasteiger partial charge in [-0.2, -0.15) is 5.10 Å². The summed E-state index contributed by atoms with van der Waals surface area (Å²) in [7, 11) is 4.93. The summed E-state index contributed by atoms with van der Waals surface area (Å²) in [5.41, 5.74) is -0.519. The molecule has 8 heteroatoms. The standard InChI is InChI=1S/C16H26N4O4/c1-19-13(18-20(2)15(19)23)10-6-11(12(21)7-10)8-17-14(22)16(4-5-16)9-24-3/h10-12,21H,4-9H2,1-3H3,(H,17,22)/t10-,11+,12+/m0/s1. The molecule has 2 aliphatic carbocycles. The molecular formula is C16H26N4O4. The van der Waals surface area contributed by atoms with Crippen LogP contribution in [-0.2, 0) is 23.6 Å². The van der Waals surface area contributed by atoms with Crippen LogP contribution in [0, 0.1) is 11.3 Å². The maximum absolute atomic E-state index is 12.3. The number of aliphatic hydroxyl groups excluding tert-OH is 1. The number of nitrogens with zero attached hydrogens (tertiary/aromatic N) is 3. The zero-order valence-corrected chi connectivity index (χ0v) is 14.5. The van der Waals surface area contributed by atoms with Gasteiger partial charge in [-0.3, -0.25) is 9.36 Å². The van der Waals surface area contributed by atoms with E-state index in [4.69, 9.17) is 4.74 Å². The Morgan fingerprint density at radius 1 is 1.42 bits per heavy atom. The third-order valence-corrected chi connectivity index (χ3v) is 5.46. The number of aromatic nitrogens is 3. The van der Waals surface area contributed by atoms with E-state index in [1.54, 1.807) is 21.2 Å². The topological polar surface area (TPSA) is 98.4 Å². The predicted molar refractivity (Wildman–Crippen MR) is 86.5 cm³/mol. The average Bonchev–Trinajstić information content (AvgIpc) is 3.18. The van der Waals surface area contributed by atoms with Gasteiger partial charge in [0.05, 0.1) is 18.1 Å². The van der Waals surface area contributed by atoms with E-state index < -0.39 is 6.10 Å². The van der Waals surface area contributed by atoms with Crippen molar-refractivity contribution in [1.82, 2.24) is 19.7 Å². The second-order valence-corrected chi connectivity index (χ2v) is 7.24. The Kier molecular flexibility index (Phi) is 4.52. The van der Waals surface area contributed by atoms with Gasteiger partial charge in [-0.15, -0.1) is 0 Å². The molecule has 3 atom stereocenters. The van der Waals surface area contributed by atoms with Crippen molar-refractivity contribution in [3.8, 4) is 0 Å². The summed E-state index contributed by atoms with van der Waals surface area (Å²) in [4.78, 5) is 24.1. The Morgan fingerprint density at radius 3 is 2.67 bits per heavy atom. The summed E-state index contributed by atoms with van der Waals surface area (Å²) in [6.07, 6.45) is 2.50. The lowest BCUT2D eigenvalue weighted by Crippen LogP contribution is -2.39. The normalized spacial score (nSPS) is 28.1. The average molecular weight is 338 g/mol. The van der Waals surface area contributed by atoms with Crippen LogP contribution in [0.2, 0.25) is 0 Å². The molecule has 24 heavy (non-hydrogen) atoms. The first-order valence-electron chi connectivity index (χ1n) is 8.43. The molecule has 0 bridgehead atoms. The summed E-state index contributed by atoms with van der Waals surface area (Å²) in [6.45, 7) is 0.896. The largest absolute Gasteiger partial charge is 0.393 e. The first kappa shape index (κ1) is 17.2. The minimum atomic E-state index is -0.495. The van der Waals surface area contributed by atoms with Gasteiger partial charge in [-0.05, 0) is 25.7 Å². The molecule has 1 heterocycles. The van der Waals surface area contributed by atoms with Crippen molar-refractivity contribution < 1.29 is 14.6 Å². The fraction of sp³-hybridized carbons (Fsp3) is 0.812. The van der Waals surface area contributed by atoms with Crippen molar-refractivity contribution >= 4 is 5.91 Å². The molecule has 3 rings (SSSR count). The van der Waals surface area contributed by atoms with E-state index in [1.807, 2.05) is 0 Å². The molecule has 1 aromatic rings. The van der Waals surface area contributed by atoms with Crippen LogP contribution in [0.3, 0.4) is 0 Å². The van der Waals surface area contributed by atoms with Gasteiger partial charge in [0.1, 0.15) is 5.82 Å². The summed E-state index contributed by atoms with van der Waals surface area (Å²) in [5.74, 6) is 0.739. The summed E-state index contributed by atoms with van der Waals surface area (Å²) in [6, 6.07) is 0. The smallest absolute Gasteiger partial charge is 0.345 e. The van der Waals surface area contributed by atoms with Crippen molar-refractivity contribution in [3.63, 3.8) is 0 Å². The summed E-state index contributed by atoms with van der Waals surface area (Å²) in [5, 5.41) is 17.6. The van der Waals surface area contributed by atoms with Gasteiger partial charge in [-0.25, -0.2) is 9.48 Å². The molecule has 2 fully saturated rings. The van der Waals surface area contributed by atoms with E-state index >= 15 is 0 Å². The first-order valence-corrected chi connectivity index (χ1v) is 8.43. The number of rotatable bonds is 6. The van der Waals surface area contributed by atoms with E-state index in [-0.39, 0.29) is 28.8 Å². The maximum Gasteiger partial charge on any atom is 0.345 e. The second kappa shape index (κ2) is 6.33. The van der Waals surface area contributed by atoms with Crippen LogP contribution >= 0.6 is 0 Å². The van der Waals surface area contributed by atoms with Crippen LogP contribution < -0.4 is 11.0 Å². The van der Waals surface area contributed by atoms with Crippen molar-refractivity contribution in [2.45, 2.75) is 37.7 Å². The quantitative estimate of drug-likeness (QED) is 0.730. The van der Waals surface area contributed by atoms with E-state index in [0.29, 0.717) is 31.8 Å². The number of aryl methyl sites for hydroxylation is 1. The zero-order chi connectivity index (χ0) is 17.5. The molecule has 2 aliphatic rings. The van der Waals surface area contributed by atoms with Crippen LogP contribution in [0.1, 0.15) is 37.4 Å². The minimum Gasteiger partial charge on any atom is -0.393 e. The maximum atomic E-state index is 12.3. The third-order valence-electron chi connectivity index (χ3n) is 5.46. The molecule has 1 aromatic heterocycles.